The van der Waals surface area contributed by atoms with Gasteiger partial charge in [-0.25, -0.2) is 0 Å². The number of aromatic nitrogens is 1. The SMILES string of the molecule is N#CC(c1ccccc1)c1ccc(NC(=O)Cn2c3ccccc3c(=O)c3ccccc32)cc1Cl. The molecule has 5 rings (SSSR count). The van der Waals surface area contributed by atoms with Gasteiger partial charge in [-0.1, -0.05) is 72.3 Å². The molecule has 0 aliphatic carbocycles. The first-order chi connectivity index (χ1) is 17.1. The van der Waals surface area contributed by atoms with Crippen LogP contribution in [0.4, 0.5) is 5.69 Å². The first kappa shape index (κ1) is 22.4. The molecule has 6 heteroatoms. The maximum absolute atomic E-state index is 13.1. The number of hydrogen-bond acceptors (Lipinski definition) is 3. The van der Waals surface area contributed by atoms with Crippen molar-refractivity contribution in [2.75, 3.05) is 5.32 Å². The van der Waals surface area contributed by atoms with Crippen LogP contribution in [0.1, 0.15) is 17.0 Å². The Hall–Kier alpha value is -4.40. The highest BCUT2D eigenvalue weighted by Gasteiger charge is 2.18. The molecule has 0 radical (unpaired) electrons. The van der Waals surface area contributed by atoms with Crippen molar-refractivity contribution in [2.45, 2.75) is 12.5 Å². The number of anilines is 1. The molecule has 0 aliphatic rings. The van der Waals surface area contributed by atoms with Crippen molar-refractivity contribution in [1.29, 1.82) is 5.26 Å². The first-order valence-electron chi connectivity index (χ1n) is 11.1. The monoisotopic (exact) mass is 477 g/mol. The number of nitriles is 1. The van der Waals surface area contributed by atoms with Crippen LogP contribution >= 0.6 is 11.6 Å². The minimum Gasteiger partial charge on any atom is -0.331 e. The van der Waals surface area contributed by atoms with Crippen molar-refractivity contribution in [3.05, 3.63) is 123 Å². The molecule has 5 nitrogen and oxygen atoms in total. The molecule has 1 atom stereocenters. The summed E-state index contributed by atoms with van der Waals surface area (Å²) in [7, 11) is 0. The van der Waals surface area contributed by atoms with E-state index < -0.39 is 5.92 Å². The Morgan fingerprint density at radius 2 is 1.49 bits per heavy atom. The fourth-order valence-electron chi connectivity index (χ4n) is 4.40. The Kier molecular flexibility index (Phi) is 6.05. The first-order valence-corrected chi connectivity index (χ1v) is 11.5. The minimum absolute atomic E-state index is 0.0194. The van der Waals surface area contributed by atoms with Gasteiger partial charge in [-0.05, 0) is 47.5 Å². The molecule has 0 aliphatic heterocycles. The molecule has 170 valence electrons. The second-order valence-electron chi connectivity index (χ2n) is 8.21. The molecular formula is C29H20ClN3O2. The number of nitrogens with zero attached hydrogens (tertiary/aromatic N) is 2. The second-order valence-corrected chi connectivity index (χ2v) is 8.61. The largest absolute Gasteiger partial charge is 0.331 e. The smallest absolute Gasteiger partial charge is 0.244 e. The van der Waals surface area contributed by atoms with E-state index in [-0.39, 0.29) is 17.9 Å². The van der Waals surface area contributed by atoms with Crippen LogP contribution < -0.4 is 10.7 Å². The number of para-hydroxylation sites is 2. The highest BCUT2D eigenvalue weighted by atomic mass is 35.5. The highest BCUT2D eigenvalue weighted by molar-refractivity contribution is 6.31. The third-order valence-electron chi connectivity index (χ3n) is 6.04. The molecule has 1 heterocycles. The van der Waals surface area contributed by atoms with Crippen molar-refractivity contribution in [1.82, 2.24) is 4.57 Å². The van der Waals surface area contributed by atoms with Gasteiger partial charge in [0.1, 0.15) is 6.54 Å². The van der Waals surface area contributed by atoms with Gasteiger partial charge in [0.15, 0.2) is 5.43 Å². The molecule has 5 aromatic rings. The summed E-state index contributed by atoms with van der Waals surface area (Å²) in [6, 6.07) is 31.5. The number of carbonyl (C=O) groups excluding carboxylic acids is 1. The fourth-order valence-corrected chi connectivity index (χ4v) is 4.69. The average molecular weight is 478 g/mol. The summed E-state index contributed by atoms with van der Waals surface area (Å²) < 4.78 is 1.85. The summed E-state index contributed by atoms with van der Waals surface area (Å²) in [5.41, 5.74) is 3.39. The third-order valence-corrected chi connectivity index (χ3v) is 6.37. The number of benzene rings is 4. The van der Waals surface area contributed by atoms with Crippen molar-refractivity contribution < 1.29 is 4.79 Å². The summed E-state index contributed by atoms with van der Waals surface area (Å²) >= 11 is 6.53. The van der Waals surface area contributed by atoms with Crippen LogP contribution in [0.15, 0.2) is 102 Å². The van der Waals surface area contributed by atoms with Gasteiger partial charge in [-0.2, -0.15) is 5.26 Å². The third kappa shape index (κ3) is 4.28. The Balaban J connectivity index is 1.45. The van der Waals surface area contributed by atoms with E-state index in [0.717, 1.165) is 5.56 Å². The lowest BCUT2D eigenvalue weighted by molar-refractivity contribution is -0.116. The molecule has 0 fully saturated rings. The van der Waals surface area contributed by atoms with E-state index in [1.54, 1.807) is 30.3 Å². The van der Waals surface area contributed by atoms with Gasteiger partial charge in [0.2, 0.25) is 5.91 Å². The molecule has 1 amide bonds. The highest BCUT2D eigenvalue weighted by Crippen LogP contribution is 2.32. The number of rotatable bonds is 5. The van der Waals surface area contributed by atoms with Gasteiger partial charge in [-0.3, -0.25) is 9.59 Å². The topological polar surface area (TPSA) is 74.9 Å². The number of halogens is 1. The predicted octanol–water partition coefficient (Wildman–Crippen LogP) is 6.10. The standard InChI is InChI=1S/C29H20ClN3O2/c30-25-16-20(14-15-21(25)24(17-31)19-8-2-1-3-9-19)32-28(34)18-33-26-12-6-4-10-22(26)29(35)23-11-5-7-13-27(23)33/h1-16,24H,18H2,(H,32,34). The number of pyridine rings is 1. The minimum atomic E-state index is -0.507. The maximum Gasteiger partial charge on any atom is 0.244 e. The molecule has 4 aromatic carbocycles. The van der Waals surface area contributed by atoms with Crippen LogP contribution in [0.2, 0.25) is 5.02 Å². The van der Waals surface area contributed by atoms with E-state index in [0.29, 0.717) is 38.1 Å². The van der Waals surface area contributed by atoms with Gasteiger partial charge in [0.25, 0.3) is 0 Å². The van der Waals surface area contributed by atoms with E-state index in [1.165, 1.54) is 0 Å². The molecule has 1 N–H and O–H groups in total. The molecule has 0 spiro atoms. The van der Waals surface area contributed by atoms with Gasteiger partial charge >= 0.3 is 0 Å². The lowest BCUT2D eigenvalue weighted by Gasteiger charge is -2.16. The van der Waals surface area contributed by atoms with Gasteiger partial charge in [0, 0.05) is 21.5 Å². The van der Waals surface area contributed by atoms with Crippen molar-refractivity contribution in [2.24, 2.45) is 0 Å². The lowest BCUT2D eigenvalue weighted by atomic mass is 9.92. The summed E-state index contributed by atoms with van der Waals surface area (Å²) in [6.45, 7) is 0.0194. The second kappa shape index (κ2) is 9.46. The number of amides is 1. The summed E-state index contributed by atoms with van der Waals surface area (Å²) in [5, 5.41) is 14.1. The predicted molar refractivity (Wildman–Crippen MR) is 140 cm³/mol. The Morgan fingerprint density at radius 1 is 0.886 bits per heavy atom. The average Bonchev–Trinajstić information content (AvgIpc) is 2.89. The lowest BCUT2D eigenvalue weighted by Crippen LogP contribution is -2.21. The van der Waals surface area contributed by atoms with Crippen LogP contribution in [0.5, 0.6) is 0 Å². The quantitative estimate of drug-likeness (QED) is 0.311. The zero-order valence-electron chi connectivity index (χ0n) is 18.6. The number of fused-ring (bicyclic) bond motifs is 2. The van der Waals surface area contributed by atoms with Crippen molar-refractivity contribution >= 4 is 45.0 Å². The molecule has 1 aromatic heterocycles. The van der Waals surface area contributed by atoms with E-state index in [9.17, 15) is 14.9 Å². The number of nitrogens with one attached hydrogen (secondary N) is 1. The van der Waals surface area contributed by atoms with E-state index >= 15 is 0 Å². The molecule has 0 saturated heterocycles. The number of hydrogen-bond donors (Lipinski definition) is 1. The molecule has 0 bridgehead atoms. The van der Waals surface area contributed by atoms with Crippen LogP contribution in [0, 0.1) is 11.3 Å². The molecular weight excluding hydrogens is 458 g/mol. The van der Waals surface area contributed by atoms with Crippen molar-refractivity contribution in [3.8, 4) is 6.07 Å². The zero-order chi connectivity index (χ0) is 24.4. The summed E-state index contributed by atoms with van der Waals surface area (Å²) in [6.07, 6.45) is 0. The summed E-state index contributed by atoms with van der Waals surface area (Å²) in [5.74, 6) is -0.764. The zero-order valence-corrected chi connectivity index (χ0v) is 19.4. The van der Waals surface area contributed by atoms with Crippen LogP contribution in [0.3, 0.4) is 0 Å². The molecule has 35 heavy (non-hydrogen) atoms. The van der Waals surface area contributed by atoms with E-state index in [1.807, 2.05) is 71.3 Å². The molecule has 1 unspecified atom stereocenters. The van der Waals surface area contributed by atoms with Gasteiger partial charge < -0.3 is 9.88 Å². The van der Waals surface area contributed by atoms with Gasteiger partial charge in [-0.15, -0.1) is 0 Å². The Bertz CT molecular complexity index is 1610. The normalized spacial score (nSPS) is 11.8. The maximum atomic E-state index is 13.1. The van der Waals surface area contributed by atoms with Crippen LogP contribution in [0.25, 0.3) is 21.8 Å². The Morgan fingerprint density at radius 3 is 2.09 bits per heavy atom. The van der Waals surface area contributed by atoms with E-state index in [2.05, 4.69) is 11.4 Å². The number of carbonyl (C=O) groups is 1. The fraction of sp³-hybridized carbons (Fsp3) is 0.0690. The van der Waals surface area contributed by atoms with Gasteiger partial charge in [0.05, 0.1) is 23.0 Å². The Labute approximate surface area is 206 Å². The van der Waals surface area contributed by atoms with Crippen LogP contribution in [-0.2, 0) is 11.3 Å². The van der Waals surface area contributed by atoms with E-state index in [4.69, 9.17) is 11.6 Å². The summed E-state index contributed by atoms with van der Waals surface area (Å²) in [4.78, 5) is 26.0. The van der Waals surface area contributed by atoms with Crippen LogP contribution in [-0.4, -0.2) is 10.5 Å². The molecule has 0 saturated carbocycles. The van der Waals surface area contributed by atoms with Crippen molar-refractivity contribution in [3.63, 3.8) is 0 Å².